The van der Waals surface area contributed by atoms with Gasteiger partial charge in [0.05, 0.1) is 6.21 Å². The molecule has 6 nitrogen and oxygen atoms in total. The molecule has 0 radical (unpaired) electrons. The van der Waals surface area contributed by atoms with Gasteiger partial charge >= 0.3 is 0 Å². The quantitative estimate of drug-likeness (QED) is 0.385. The third kappa shape index (κ3) is 4.24. The van der Waals surface area contributed by atoms with Crippen LogP contribution in [-0.4, -0.2) is 31.3 Å². The van der Waals surface area contributed by atoms with Gasteiger partial charge in [-0.15, -0.1) is 0 Å². The van der Waals surface area contributed by atoms with Crippen molar-refractivity contribution in [2.24, 2.45) is 5.10 Å². The molecule has 1 amide bonds. The molecule has 1 aliphatic carbocycles. The molecule has 0 bridgehead atoms. The average molecular weight is 442 g/mol. The van der Waals surface area contributed by atoms with Crippen LogP contribution in [-0.2, 0) is 17.6 Å². The minimum absolute atomic E-state index is 0.0854. The van der Waals surface area contributed by atoms with Gasteiger partial charge < -0.3 is 4.90 Å². The highest BCUT2D eigenvalue weighted by molar-refractivity contribution is 5.94. The zero-order valence-electron chi connectivity index (χ0n) is 19.3. The first kappa shape index (κ1) is 21.6. The Morgan fingerprint density at radius 3 is 2.55 bits per heavy atom. The maximum Gasteiger partial charge on any atom is 0.258 e. The number of nitrogens with zero attached hydrogens (tertiary/aromatic N) is 2. The number of benzene rings is 3. The summed E-state index contributed by atoms with van der Waals surface area (Å²) < 4.78 is 0. The molecule has 3 aromatic rings. The fraction of sp³-hybridized carbons (Fsp3) is 0.333. The van der Waals surface area contributed by atoms with Crippen molar-refractivity contribution in [3.05, 3.63) is 76.9 Å². The van der Waals surface area contributed by atoms with E-state index < -0.39 is 0 Å². The lowest BCUT2D eigenvalue weighted by molar-refractivity contribution is -0.122. The van der Waals surface area contributed by atoms with Gasteiger partial charge in [0, 0.05) is 24.8 Å². The number of amides is 1. The summed E-state index contributed by atoms with van der Waals surface area (Å²) in [7, 11) is 0. The van der Waals surface area contributed by atoms with Gasteiger partial charge in [-0.05, 0) is 78.3 Å². The average Bonchev–Trinajstić information content (AvgIpc) is 3.50. The Hall–Kier alpha value is -3.22. The second-order valence-electron chi connectivity index (χ2n) is 8.78. The molecular formula is C27H31N5O. The Morgan fingerprint density at radius 2 is 1.79 bits per heavy atom. The normalized spacial score (nSPS) is 19.5. The number of carbonyl (C=O) groups is 1. The van der Waals surface area contributed by atoms with Crippen LogP contribution >= 0.6 is 0 Å². The summed E-state index contributed by atoms with van der Waals surface area (Å²) in [5.41, 5.74) is 15.4. The molecule has 5 rings (SSSR count). The monoisotopic (exact) mass is 441 g/mol. The summed E-state index contributed by atoms with van der Waals surface area (Å²) in [5.74, 6) is -0.132. The number of hydrogen-bond donors (Lipinski definition) is 3. The molecule has 0 saturated carbocycles. The van der Waals surface area contributed by atoms with Crippen LogP contribution in [0.5, 0.6) is 0 Å². The number of anilines is 1. The van der Waals surface area contributed by atoms with Gasteiger partial charge in [-0.3, -0.25) is 4.79 Å². The lowest BCUT2D eigenvalue weighted by Crippen LogP contribution is -2.41. The van der Waals surface area contributed by atoms with E-state index in [1.165, 1.54) is 33.2 Å². The van der Waals surface area contributed by atoms with E-state index in [0.717, 1.165) is 31.5 Å². The van der Waals surface area contributed by atoms with E-state index in [4.69, 9.17) is 0 Å². The summed E-state index contributed by atoms with van der Waals surface area (Å²) in [6, 6.07) is 19.0. The Labute approximate surface area is 195 Å². The molecule has 0 spiro atoms. The molecule has 170 valence electrons. The van der Waals surface area contributed by atoms with E-state index >= 15 is 0 Å². The molecular weight excluding hydrogens is 410 g/mol. The number of hydrazone groups is 1. The molecule has 1 heterocycles. The maximum atomic E-state index is 12.7. The van der Waals surface area contributed by atoms with Crippen molar-refractivity contribution in [1.82, 2.24) is 16.3 Å². The largest absolute Gasteiger partial charge is 0.372 e. The number of nitrogens with one attached hydrogen (secondary N) is 3. The molecule has 2 unspecified atom stereocenters. The maximum absolute atomic E-state index is 12.7. The summed E-state index contributed by atoms with van der Waals surface area (Å²) >= 11 is 0. The first-order valence-electron chi connectivity index (χ1n) is 11.9. The SMILES string of the molecule is CCN(CC)c1ccc(/C=N\NC(=O)C2CC(c3ccc4c5c(cccc35)CC4)NN2)cc1. The van der Waals surface area contributed by atoms with Crippen molar-refractivity contribution < 1.29 is 4.79 Å². The molecule has 6 heteroatoms. The van der Waals surface area contributed by atoms with Crippen LogP contribution in [0.15, 0.2) is 59.7 Å². The molecule has 3 aromatic carbocycles. The third-order valence-electron chi connectivity index (χ3n) is 6.92. The zero-order chi connectivity index (χ0) is 22.8. The number of rotatable bonds is 7. The third-order valence-corrected chi connectivity index (χ3v) is 6.92. The van der Waals surface area contributed by atoms with E-state index in [9.17, 15) is 4.79 Å². The fourth-order valence-corrected chi connectivity index (χ4v) is 5.11. The highest BCUT2D eigenvalue weighted by Crippen LogP contribution is 2.36. The van der Waals surface area contributed by atoms with E-state index in [-0.39, 0.29) is 18.0 Å². The van der Waals surface area contributed by atoms with Gasteiger partial charge in [0.25, 0.3) is 5.91 Å². The summed E-state index contributed by atoms with van der Waals surface area (Å²) in [4.78, 5) is 15.0. The van der Waals surface area contributed by atoms with E-state index in [1.807, 2.05) is 12.1 Å². The molecule has 2 atom stereocenters. The molecule has 2 aliphatic rings. The van der Waals surface area contributed by atoms with Crippen molar-refractivity contribution in [3.63, 3.8) is 0 Å². The Kier molecular flexibility index (Phi) is 6.11. The van der Waals surface area contributed by atoms with Crippen LogP contribution in [0.1, 0.15) is 48.6 Å². The summed E-state index contributed by atoms with van der Waals surface area (Å²) in [5, 5.41) is 6.88. The van der Waals surface area contributed by atoms with Gasteiger partial charge in [0.1, 0.15) is 6.04 Å². The molecule has 0 aromatic heterocycles. The zero-order valence-corrected chi connectivity index (χ0v) is 19.3. The second kappa shape index (κ2) is 9.33. The van der Waals surface area contributed by atoms with Crippen LogP contribution in [0.25, 0.3) is 10.8 Å². The Balaban J connectivity index is 1.21. The summed E-state index contributed by atoms with van der Waals surface area (Å²) in [6.07, 6.45) is 4.60. The topological polar surface area (TPSA) is 68.8 Å². The van der Waals surface area contributed by atoms with Crippen molar-refractivity contribution >= 4 is 28.6 Å². The predicted molar refractivity (Wildman–Crippen MR) is 135 cm³/mol. The van der Waals surface area contributed by atoms with Crippen molar-refractivity contribution in [2.75, 3.05) is 18.0 Å². The minimum Gasteiger partial charge on any atom is -0.372 e. The molecule has 1 fully saturated rings. The molecule has 3 N–H and O–H groups in total. The van der Waals surface area contributed by atoms with E-state index in [2.05, 4.69) is 82.6 Å². The number of aryl methyl sites for hydroxylation is 2. The lowest BCUT2D eigenvalue weighted by Gasteiger charge is -2.20. The number of hydrogen-bond acceptors (Lipinski definition) is 5. The Bertz CT molecular complexity index is 1170. The minimum atomic E-state index is -0.333. The van der Waals surface area contributed by atoms with Crippen LogP contribution < -0.4 is 21.2 Å². The molecule has 1 saturated heterocycles. The van der Waals surface area contributed by atoms with Crippen LogP contribution in [0, 0.1) is 0 Å². The van der Waals surface area contributed by atoms with E-state index in [1.54, 1.807) is 6.21 Å². The smallest absolute Gasteiger partial charge is 0.258 e. The first-order chi connectivity index (χ1) is 16.2. The highest BCUT2D eigenvalue weighted by atomic mass is 16.2. The molecule has 33 heavy (non-hydrogen) atoms. The second-order valence-corrected chi connectivity index (χ2v) is 8.78. The first-order valence-corrected chi connectivity index (χ1v) is 11.9. The standard InChI is InChI=1S/C27H31N5O/c1-3-32(4-2)21-13-8-18(9-14-21)17-28-31-27(33)25-16-24(29-30-25)22-15-12-20-11-10-19-6-5-7-23(22)26(19)20/h5-9,12-15,17,24-25,29-30H,3-4,10-11,16H2,1-2H3,(H,31,33)/b28-17-. The van der Waals surface area contributed by atoms with Gasteiger partial charge in [-0.25, -0.2) is 16.3 Å². The van der Waals surface area contributed by atoms with Crippen LogP contribution in [0.3, 0.4) is 0 Å². The summed E-state index contributed by atoms with van der Waals surface area (Å²) in [6.45, 7) is 6.25. The van der Waals surface area contributed by atoms with Crippen molar-refractivity contribution in [1.29, 1.82) is 0 Å². The van der Waals surface area contributed by atoms with Gasteiger partial charge in [0.2, 0.25) is 0 Å². The highest BCUT2D eigenvalue weighted by Gasteiger charge is 2.31. The van der Waals surface area contributed by atoms with Gasteiger partial charge in [-0.2, -0.15) is 5.10 Å². The number of carbonyl (C=O) groups excluding carboxylic acids is 1. The number of hydrazine groups is 1. The van der Waals surface area contributed by atoms with Crippen LogP contribution in [0.4, 0.5) is 5.69 Å². The van der Waals surface area contributed by atoms with Gasteiger partial charge in [-0.1, -0.05) is 42.5 Å². The Morgan fingerprint density at radius 1 is 1.03 bits per heavy atom. The predicted octanol–water partition coefficient (Wildman–Crippen LogP) is 3.84. The molecule has 1 aliphatic heterocycles. The fourth-order valence-electron chi connectivity index (χ4n) is 5.11. The van der Waals surface area contributed by atoms with Crippen molar-refractivity contribution in [3.8, 4) is 0 Å². The van der Waals surface area contributed by atoms with Crippen molar-refractivity contribution in [2.45, 2.75) is 45.2 Å². The van der Waals surface area contributed by atoms with Crippen LogP contribution in [0.2, 0.25) is 0 Å². The van der Waals surface area contributed by atoms with Gasteiger partial charge in [0.15, 0.2) is 0 Å². The lowest BCUT2D eigenvalue weighted by atomic mass is 9.93. The van der Waals surface area contributed by atoms with E-state index in [0.29, 0.717) is 6.42 Å².